The van der Waals surface area contributed by atoms with E-state index in [9.17, 15) is 9.50 Å². The predicted octanol–water partition coefficient (Wildman–Crippen LogP) is 4.35. The van der Waals surface area contributed by atoms with Crippen LogP contribution in [0.2, 0.25) is 0 Å². The quantitative estimate of drug-likeness (QED) is 0.319. The summed E-state index contributed by atoms with van der Waals surface area (Å²) in [5.41, 5.74) is 4.09. The second-order valence-corrected chi connectivity index (χ2v) is 11.6. The highest BCUT2D eigenvalue weighted by molar-refractivity contribution is 5.61. The van der Waals surface area contributed by atoms with E-state index < -0.39 is 6.10 Å². The summed E-state index contributed by atoms with van der Waals surface area (Å²) in [5.74, 6) is 1.32. The molecule has 4 atom stereocenters. The zero-order valence-corrected chi connectivity index (χ0v) is 24.8. The Kier molecular flexibility index (Phi) is 9.63. The number of nitrogens with zero attached hydrogens (tertiary/aromatic N) is 2. The summed E-state index contributed by atoms with van der Waals surface area (Å²) in [6.45, 7) is 6.36. The van der Waals surface area contributed by atoms with Crippen LogP contribution in [0.1, 0.15) is 29.9 Å². The number of aliphatic hydroxyl groups is 1. The van der Waals surface area contributed by atoms with Gasteiger partial charge in [0, 0.05) is 57.9 Å². The van der Waals surface area contributed by atoms with Crippen LogP contribution in [0.5, 0.6) is 11.5 Å². The van der Waals surface area contributed by atoms with Crippen molar-refractivity contribution in [1.29, 1.82) is 0 Å². The van der Waals surface area contributed by atoms with Crippen molar-refractivity contribution >= 4 is 11.4 Å². The van der Waals surface area contributed by atoms with E-state index in [4.69, 9.17) is 18.9 Å². The van der Waals surface area contributed by atoms with Crippen molar-refractivity contribution in [3.63, 3.8) is 0 Å². The minimum Gasteiger partial charge on any atom is -0.490 e. The molecule has 2 N–H and O–H groups in total. The molecule has 0 aromatic heterocycles. The number of ether oxygens (including phenoxy) is 4. The fourth-order valence-electron chi connectivity index (χ4n) is 6.41. The van der Waals surface area contributed by atoms with Gasteiger partial charge in [-0.05, 0) is 60.0 Å². The number of hydrogen-bond donors (Lipinski definition) is 2. The second kappa shape index (κ2) is 13.9. The molecule has 2 fully saturated rings. The van der Waals surface area contributed by atoms with Crippen molar-refractivity contribution in [3.05, 3.63) is 83.7 Å². The van der Waals surface area contributed by atoms with E-state index in [1.54, 1.807) is 19.2 Å². The summed E-state index contributed by atoms with van der Waals surface area (Å²) in [6, 6.07) is 21.0. The molecule has 0 aliphatic carbocycles. The SMILES string of the molecule is COCCCN1CCOc2ccc(COC3CNCC(O)C3c3ccc(OC4CCN(c5cccc(F)c5)C4)cc3)cc21. The molecule has 0 bridgehead atoms. The molecule has 0 radical (unpaired) electrons. The Morgan fingerprint density at radius 2 is 1.93 bits per heavy atom. The largest absolute Gasteiger partial charge is 0.490 e. The molecule has 3 aliphatic heterocycles. The van der Waals surface area contributed by atoms with Crippen LogP contribution >= 0.6 is 0 Å². The Morgan fingerprint density at radius 3 is 2.77 bits per heavy atom. The molecular formula is C34H42FN3O5. The van der Waals surface area contributed by atoms with Crippen molar-refractivity contribution in [1.82, 2.24) is 5.32 Å². The summed E-state index contributed by atoms with van der Waals surface area (Å²) >= 11 is 0. The lowest BCUT2D eigenvalue weighted by atomic mass is 9.85. The van der Waals surface area contributed by atoms with Gasteiger partial charge in [0.2, 0.25) is 0 Å². The van der Waals surface area contributed by atoms with Crippen LogP contribution in [0.3, 0.4) is 0 Å². The third-order valence-electron chi connectivity index (χ3n) is 8.62. The third-order valence-corrected chi connectivity index (χ3v) is 8.62. The number of halogens is 1. The van der Waals surface area contributed by atoms with E-state index in [1.807, 2.05) is 36.4 Å². The summed E-state index contributed by atoms with van der Waals surface area (Å²) in [7, 11) is 1.73. The maximum Gasteiger partial charge on any atom is 0.142 e. The van der Waals surface area contributed by atoms with Gasteiger partial charge in [0.25, 0.3) is 0 Å². The maximum absolute atomic E-state index is 13.7. The molecule has 43 heavy (non-hydrogen) atoms. The summed E-state index contributed by atoms with van der Waals surface area (Å²) in [6.07, 6.45) is 1.12. The number of hydrogen-bond acceptors (Lipinski definition) is 8. The first kappa shape index (κ1) is 29.7. The van der Waals surface area contributed by atoms with E-state index in [2.05, 4.69) is 27.2 Å². The van der Waals surface area contributed by atoms with Crippen molar-refractivity contribution in [2.75, 3.05) is 69.4 Å². The van der Waals surface area contributed by atoms with Crippen LogP contribution in [0.15, 0.2) is 66.7 Å². The molecule has 0 amide bonds. The fourth-order valence-corrected chi connectivity index (χ4v) is 6.41. The lowest BCUT2D eigenvalue weighted by molar-refractivity contribution is -0.0328. The van der Waals surface area contributed by atoms with Gasteiger partial charge in [0.1, 0.15) is 30.0 Å². The molecule has 4 unspecified atom stereocenters. The molecule has 0 saturated carbocycles. The van der Waals surface area contributed by atoms with Gasteiger partial charge >= 0.3 is 0 Å². The topological polar surface area (TPSA) is 75.7 Å². The molecule has 3 aliphatic rings. The smallest absolute Gasteiger partial charge is 0.142 e. The molecule has 0 spiro atoms. The average Bonchev–Trinajstić information content (AvgIpc) is 3.49. The van der Waals surface area contributed by atoms with Crippen LogP contribution in [-0.4, -0.2) is 83.0 Å². The minimum absolute atomic E-state index is 0.0348. The van der Waals surface area contributed by atoms with Crippen LogP contribution < -0.4 is 24.6 Å². The second-order valence-electron chi connectivity index (χ2n) is 11.6. The van der Waals surface area contributed by atoms with Crippen molar-refractivity contribution in [2.24, 2.45) is 0 Å². The molecule has 9 heteroatoms. The predicted molar refractivity (Wildman–Crippen MR) is 165 cm³/mol. The summed E-state index contributed by atoms with van der Waals surface area (Å²) in [5, 5.41) is 14.3. The standard InChI is InChI=1S/C34H42FN3O5/c1-40-16-3-13-37-15-17-41-32-11-6-24(18-30(32)37)23-42-33-21-36-20-31(39)34(33)25-7-9-28(10-8-25)43-29-12-14-38(22-29)27-5-2-4-26(35)19-27/h2,4-11,18-19,29,31,33-34,36,39H,3,12-17,20-23H2,1H3. The van der Waals surface area contributed by atoms with Crippen LogP contribution in [0.25, 0.3) is 0 Å². The zero-order chi connectivity index (χ0) is 29.6. The number of aliphatic hydroxyl groups excluding tert-OH is 1. The van der Waals surface area contributed by atoms with Gasteiger partial charge in [-0.2, -0.15) is 0 Å². The highest BCUT2D eigenvalue weighted by Gasteiger charge is 2.34. The van der Waals surface area contributed by atoms with Gasteiger partial charge in [-0.3, -0.25) is 0 Å². The van der Waals surface area contributed by atoms with Crippen LogP contribution in [-0.2, 0) is 16.1 Å². The minimum atomic E-state index is -0.562. The molecule has 3 aromatic carbocycles. The first-order chi connectivity index (χ1) is 21.1. The zero-order valence-electron chi connectivity index (χ0n) is 24.8. The maximum atomic E-state index is 13.7. The monoisotopic (exact) mass is 591 g/mol. The number of nitrogens with one attached hydrogen (secondary N) is 1. The first-order valence-corrected chi connectivity index (χ1v) is 15.3. The van der Waals surface area contributed by atoms with E-state index in [0.29, 0.717) is 32.8 Å². The summed E-state index contributed by atoms with van der Waals surface area (Å²) in [4.78, 5) is 4.51. The number of rotatable bonds is 11. The number of fused-ring (bicyclic) bond motifs is 1. The Hall–Kier alpha value is -3.37. The van der Waals surface area contributed by atoms with Gasteiger partial charge in [-0.15, -0.1) is 0 Å². The molecule has 8 nitrogen and oxygen atoms in total. The molecule has 6 rings (SSSR count). The summed E-state index contributed by atoms with van der Waals surface area (Å²) < 4.78 is 37.6. The van der Waals surface area contributed by atoms with Crippen molar-refractivity contribution < 1.29 is 28.4 Å². The van der Waals surface area contributed by atoms with Crippen molar-refractivity contribution in [3.8, 4) is 11.5 Å². The number of β-amino-alcohol motifs (C(OH)–C–C–N with tert-alkyl or cyclic N) is 1. The normalized spacial score (nSPS) is 23.6. The Morgan fingerprint density at radius 1 is 1.05 bits per heavy atom. The molecule has 2 saturated heterocycles. The van der Waals surface area contributed by atoms with Crippen molar-refractivity contribution in [2.45, 2.75) is 43.7 Å². The lowest BCUT2D eigenvalue weighted by Crippen LogP contribution is -2.49. The van der Waals surface area contributed by atoms with E-state index >= 15 is 0 Å². The lowest BCUT2D eigenvalue weighted by Gasteiger charge is -2.36. The third kappa shape index (κ3) is 7.24. The van der Waals surface area contributed by atoms with E-state index in [0.717, 1.165) is 73.1 Å². The number of anilines is 2. The molecule has 3 aromatic rings. The van der Waals surface area contributed by atoms with E-state index in [1.165, 1.54) is 6.07 Å². The van der Waals surface area contributed by atoms with E-state index in [-0.39, 0.29) is 23.9 Å². The van der Waals surface area contributed by atoms with Gasteiger partial charge in [0.05, 0.1) is 37.6 Å². The molecule has 230 valence electrons. The van der Waals surface area contributed by atoms with Gasteiger partial charge in [0.15, 0.2) is 0 Å². The fraction of sp³-hybridized carbons (Fsp3) is 0.471. The van der Waals surface area contributed by atoms with Gasteiger partial charge in [-0.25, -0.2) is 4.39 Å². The Bertz CT molecular complexity index is 1340. The first-order valence-electron chi connectivity index (χ1n) is 15.3. The van der Waals surface area contributed by atoms with Crippen LogP contribution in [0, 0.1) is 5.82 Å². The number of piperidine rings is 1. The Balaban J connectivity index is 1.07. The number of benzene rings is 3. The average molecular weight is 592 g/mol. The van der Waals surface area contributed by atoms with Gasteiger partial charge in [-0.1, -0.05) is 24.3 Å². The number of methoxy groups -OCH3 is 1. The molecule has 3 heterocycles. The molecular weight excluding hydrogens is 549 g/mol. The van der Waals surface area contributed by atoms with Gasteiger partial charge < -0.3 is 39.2 Å². The highest BCUT2D eigenvalue weighted by Crippen LogP contribution is 2.34. The van der Waals surface area contributed by atoms with Crippen LogP contribution in [0.4, 0.5) is 15.8 Å². The Labute approximate surface area is 253 Å². The highest BCUT2D eigenvalue weighted by atomic mass is 19.1.